The Morgan fingerprint density at radius 3 is 2.37 bits per heavy atom. The third-order valence-corrected chi connectivity index (χ3v) is 3.96. The molecule has 0 N–H and O–H groups in total. The van der Waals surface area contributed by atoms with Crippen LogP contribution in [0.25, 0.3) is 0 Å². The molecule has 0 aliphatic carbocycles. The monoisotopic (exact) mass is 266 g/mol. The van der Waals surface area contributed by atoms with E-state index in [0.717, 1.165) is 5.88 Å². The Bertz CT molecular complexity index is 348. The molecule has 1 aromatic heterocycles. The molecule has 0 aliphatic heterocycles. The highest BCUT2D eigenvalue weighted by molar-refractivity contribution is 5.07. The lowest BCUT2D eigenvalue weighted by atomic mass is 9.89. The Morgan fingerprint density at radius 1 is 1.11 bits per heavy atom. The summed E-state index contributed by atoms with van der Waals surface area (Å²) in [6, 6.07) is 1.95. The van der Waals surface area contributed by atoms with Crippen LogP contribution >= 0.6 is 0 Å². The molecule has 0 amide bonds. The molecule has 1 atom stereocenters. The zero-order valence-corrected chi connectivity index (χ0v) is 13.1. The predicted molar refractivity (Wildman–Crippen MR) is 80.7 cm³/mol. The molecule has 1 rings (SSSR count). The summed E-state index contributed by atoms with van der Waals surface area (Å²) in [6.07, 6.45) is 12.2. The van der Waals surface area contributed by atoms with Gasteiger partial charge in [0.2, 0.25) is 5.88 Å². The first-order valence-electron chi connectivity index (χ1n) is 7.76. The highest BCUT2D eigenvalue weighted by Gasteiger charge is 2.26. The molecule has 0 aromatic carbocycles. The molecule has 0 bridgehead atoms. The minimum atomic E-state index is 0.139. The highest BCUT2D eigenvalue weighted by Crippen LogP contribution is 2.30. The number of ether oxygens (including phenoxy) is 1. The van der Waals surface area contributed by atoms with Crippen LogP contribution in [0.1, 0.15) is 72.1 Å². The zero-order valence-electron chi connectivity index (χ0n) is 13.1. The second kappa shape index (κ2) is 8.23. The molecule has 0 radical (unpaired) electrons. The normalized spacial score (nSPS) is 14.3. The standard InChI is InChI=1S/C16H30N2O/c1-5-7-9-10-13-16(3,12-8-6-2)18-14-11-15(17-18)19-4/h11,14H,5-10,12-13H2,1-4H3. The first-order valence-corrected chi connectivity index (χ1v) is 7.76. The maximum Gasteiger partial charge on any atom is 0.232 e. The van der Waals surface area contributed by atoms with E-state index in [1.165, 1.54) is 51.4 Å². The molecule has 3 heteroatoms. The fraction of sp³-hybridized carbons (Fsp3) is 0.812. The van der Waals surface area contributed by atoms with Crippen molar-refractivity contribution in [1.29, 1.82) is 0 Å². The minimum absolute atomic E-state index is 0.139. The molecule has 3 nitrogen and oxygen atoms in total. The first kappa shape index (κ1) is 16.1. The van der Waals surface area contributed by atoms with Crippen molar-refractivity contribution in [3.8, 4) is 5.88 Å². The van der Waals surface area contributed by atoms with Crippen molar-refractivity contribution in [2.45, 2.75) is 77.7 Å². The number of nitrogens with zero attached hydrogens (tertiary/aromatic N) is 2. The summed E-state index contributed by atoms with van der Waals surface area (Å²) in [5.74, 6) is 0.719. The summed E-state index contributed by atoms with van der Waals surface area (Å²) < 4.78 is 7.32. The van der Waals surface area contributed by atoms with Gasteiger partial charge in [-0.3, -0.25) is 4.68 Å². The van der Waals surface area contributed by atoms with E-state index in [0.29, 0.717) is 0 Å². The molecule has 1 unspecified atom stereocenters. The van der Waals surface area contributed by atoms with E-state index in [9.17, 15) is 0 Å². The van der Waals surface area contributed by atoms with Crippen molar-refractivity contribution >= 4 is 0 Å². The maximum atomic E-state index is 5.21. The smallest absolute Gasteiger partial charge is 0.232 e. The summed E-state index contributed by atoms with van der Waals surface area (Å²) in [5, 5.41) is 4.55. The van der Waals surface area contributed by atoms with Crippen LogP contribution in [0.3, 0.4) is 0 Å². The third-order valence-electron chi connectivity index (χ3n) is 3.96. The van der Waals surface area contributed by atoms with E-state index in [-0.39, 0.29) is 5.54 Å². The van der Waals surface area contributed by atoms with Crippen LogP contribution in [-0.4, -0.2) is 16.9 Å². The molecule has 1 heterocycles. The van der Waals surface area contributed by atoms with Crippen molar-refractivity contribution in [2.24, 2.45) is 0 Å². The van der Waals surface area contributed by atoms with Crippen LogP contribution in [0, 0.1) is 0 Å². The first-order chi connectivity index (χ1) is 9.16. The second-order valence-corrected chi connectivity index (χ2v) is 5.71. The Hall–Kier alpha value is -0.990. The van der Waals surface area contributed by atoms with Crippen LogP contribution in [0.15, 0.2) is 12.3 Å². The molecular weight excluding hydrogens is 236 g/mol. The lowest BCUT2D eigenvalue weighted by Crippen LogP contribution is -2.30. The van der Waals surface area contributed by atoms with Crippen molar-refractivity contribution in [3.63, 3.8) is 0 Å². The fourth-order valence-corrected chi connectivity index (χ4v) is 2.56. The van der Waals surface area contributed by atoms with E-state index in [1.54, 1.807) is 7.11 Å². The maximum absolute atomic E-state index is 5.21. The molecule has 110 valence electrons. The van der Waals surface area contributed by atoms with Gasteiger partial charge in [0.25, 0.3) is 0 Å². The van der Waals surface area contributed by atoms with Crippen LogP contribution in [0.2, 0.25) is 0 Å². The van der Waals surface area contributed by atoms with E-state index < -0.39 is 0 Å². The highest BCUT2D eigenvalue weighted by atomic mass is 16.5. The number of methoxy groups -OCH3 is 1. The number of rotatable bonds is 10. The summed E-state index contributed by atoms with van der Waals surface area (Å²) in [5.41, 5.74) is 0.139. The van der Waals surface area contributed by atoms with Gasteiger partial charge in [0.15, 0.2) is 0 Å². The Balaban J connectivity index is 2.67. The lowest BCUT2D eigenvalue weighted by Gasteiger charge is -2.30. The van der Waals surface area contributed by atoms with Gasteiger partial charge in [-0.25, -0.2) is 0 Å². The average Bonchev–Trinajstić information content (AvgIpc) is 2.91. The van der Waals surface area contributed by atoms with Crippen LogP contribution in [-0.2, 0) is 5.54 Å². The van der Waals surface area contributed by atoms with Gasteiger partial charge in [-0.05, 0) is 19.8 Å². The number of hydrogen-bond donors (Lipinski definition) is 0. The molecule has 0 saturated carbocycles. The van der Waals surface area contributed by atoms with E-state index >= 15 is 0 Å². The van der Waals surface area contributed by atoms with Crippen LogP contribution < -0.4 is 4.74 Å². The average molecular weight is 266 g/mol. The van der Waals surface area contributed by atoms with Gasteiger partial charge in [-0.15, -0.1) is 5.10 Å². The lowest BCUT2D eigenvalue weighted by molar-refractivity contribution is 0.223. The van der Waals surface area contributed by atoms with Crippen molar-refractivity contribution in [3.05, 3.63) is 12.3 Å². The summed E-state index contributed by atoms with van der Waals surface area (Å²) in [6.45, 7) is 6.84. The molecule has 0 fully saturated rings. The van der Waals surface area contributed by atoms with Crippen LogP contribution in [0.5, 0.6) is 5.88 Å². The number of hydrogen-bond acceptors (Lipinski definition) is 2. The second-order valence-electron chi connectivity index (χ2n) is 5.71. The van der Waals surface area contributed by atoms with Crippen molar-refractivity contribution < 1.29 is 4.74 Å². The van der Waals surface area contributed by atoms with Gasteiger partial charge in [0, 0.05) is 12.3 Å². The molecule has 19 heavy (non-hydrogen) atoms. The van der Waals surface area contributed by atoms with Gasteiger partial charge < -0.3 is 4.74 Å². The van der Waals surface area contributed by atoms with Gasteiger partial charge in [-0.2, -0.15) is 0 Å². The fourth-order valence-electron chi connectivity index (χ4n) is 2.56. The van der Waals surface area contributed by atoms with Crippen molar-refractivity contribution in [2.75, 3.05) is 7.11 Å². The molecule has 1 aromatic rings. The van der Waals surface area contributed by atoms with Gasteiger partial charge in [0.05, 0.1) is 12.6 Å². The van der Waals surface area contributed by atoms with E-state index in [1.807, 2.05) is 6.07 Å². The summed E-state index contributed by atoms with van der Waals surface area (Å²) in [7, 11) is 1.68. The molecule has 0 saturated heterocycles. The zero-order chi connectivity index (χ0) is 14.1. The molecule has 0 aliphatic rings. The number of aromatic nitrogens is 2. The van der Waals surface area contributed by atoms with E-state index in [2.05, 4.69) is 36.7 Å². The SMILES string of the molecule is CCCCCCC(C)(CCCC)n1ccc(OC)n1. The Labute approximate surface area is 118 Å². The molecular formula is C16H30N2O. The third kappa shape index (κ3) is 4.88. The number of unbranched alkanes of at least 4 members (excludes halogenated alkanes) is 4. The Kier molecular flexibility index (Phi) is 6.96. The summed E-state index contributed by atoms with van der Waals surface area (Å²) in [4.78, 5) is 0. The van der Waals surface area contributed by atoms with Gasteiger partial charge >= 0.3 is 0 Å². The molecule has 0 spiro atoms. The van der Waals surface area contributed by atoms with Crippen LogP contribution in [0.4, 0.5) is 0 Å². The van der Waals surface area contributed by atoms with E-state index in [4.69, 9.17) is 4.74 Å². The van der Waals surface area contributed by atoms with Gasteiger partial charge in [0.1, 0.15) is 0 Å². The quantitative estimate of drug-likeness (QED) is 0.570. The summed E-state index contributed by atoms with van der Waals surface area (Å²) >= 11 is 0. The minimum Gasteiger partial charge on any atom is -0.480 e. The van der Waals surface area contributed by atoms with Crippen molar-refractivity contribution in [1.82, 2.24) is 9.78 Å². The van der Waals surface area contributed by atoms with Gasteiger partial charge in [-0.1, -0.05) is 52.4 Å². The largest absolute Gasteiger partial charge is 0.480 e. The topological polar surface area (TPSA) is 27.1 Å². The predicted octanol–water partition coefficient (Wildman–Crippen LogP) is 4.77. The Morgan fingerprint density at radius 2 is 1.79 bits per heavy atom.